The second-order valence-electron chi connectivity index (χ2n) is 6.30. The minimum Gasteiger partial charge on any atom is -0.324 e. The number of para-hydroxylation sites is 2. The van der Waals surface area contributed by atoms with Gasteiger partial charge < -0.3 is 9.80 Å². The summed E-state index contributed by atoms with van der Waals surface area (Å²) in [6, 6.07) is 21.1. The molecule has 0 N–H and O–H groups in total. The average molecular weight is 421 g/mol. The topological polar surface area (TPSA) is 6.48 Å². The third-order valence-electron chi connectivity index (χ3n) is 3.68. The molecule has 0 atom stereocenters. The Balaban J connectivity index is 2.08. The molecule has 2 nitrogen and oxygen atoms in total. The standard InChI is InChI=1S/C20H24N2S4/c1-15(2)21(17-11-7-5-8-12-17)19(23)25-26-20(24)22(16(3)4)18-13-9-6-10-14-18/h5-16H,1-4H3. The molecule has 0 amide bonds. The van der Waals surface area contributed by atoms with Crippen LogP contribution in [-0.2, 0) is 0 Å². The molecule has 0 aliphatic heterocycles. The van der Waals surface area contributed by atoms with Gasteiger partial charge in [0.05, 0.1) is 0 Å². The van der Waals surface area contributed by atoms with Gasteiger partial charge in [-0.25, -0.2) is 0 Å². The molecule has 0 heterocycles. The van der Waals surface area contributed by atoms with Crippen molar-refractivity contribution in [2.24, 2.45) is 0 Å². The highest BCUT2D eigenvalue weighted by Crippen LogP contribution is 2.34. The van der Waals surface area contributed by atoms with E-state index in [1.807, 2.05) is 36.4 Å². The van der Waals surface area contributed by atoms with Crippen molar-refractivity contribution in [2.75, 3.05) is 9.80 Å². The van der Waals surface area contributed by atoms with Crippen LogP contribution in [0.15, 0.2) is 60.7 Å². The van der Waals surface area contributed by atoms with Crippen molar-refractivity contribution in [2.45, 2.75) is 39.8 Å². The van der Waals surface area contributed by atoms with E-state index < -0.39 is 0 Å². The van der Waals surface area contributed by atoms with Crippen LogP contribution in [0, 0.1) is 0 Å². The molecule has 0 aliphatic rings. The highest BCUT2D eigenvalue weighted by atomic mass is 33.1. The van der Waals surface area contributed by atoms with Crippen molar-refractivity contribution in [3.8, 4) is 0 Å². The van der Waals surface area contributed by atoms with Crippen LogP contribution in [0.1, 0.15) is 27.7 Å². The lowest BCUT2D eigenvalue weighted by atomic mass is 10.2. The fraction of sp³-hybridized carbons (Fsp3) is 0.300. The fourth-order valence-corrected chi connectivity index (χ4v) is 5.65. The molecular weight excluding hydrogens is 397 g/mol. The Labute approximate surface area is 175 Å². The summed E-state index contributed by atoms with van der Waals surface area (Å²) in [5, 5.41) is 0. The maximum Gasteiger partial charge on any atom is 0.152 e. The Morgan fingerprint density at radius 3 is 1.23 bits per heavy atom. The summed E-state index contributed by atoms with van der Waals surface area (Å²) in [4.78, 5) is 4.33. The molecule has 2 aromatic carbocycles. The first-order chi connectivity index (χ1) is 12.4. The van der Waals surface area contributed by atoms with Crippen LogP contribution in [0.4, 0.5) is 11.4 Å². The van der Waals surface area contributed by atoms with E-state index in [1.54, 1.807) is 21.6 Å². The molecule has 0 aromatic heterocycles. The van der Waals surface area contributed by atoms with E-state index in [9.17, 15) is 0 Å². The van der Waals surface area contributed by atoms with Gasteiger partial charge in [-0.05, 0) is 73.5 Å². The molecule has 2 aromatic rings. The quantitative estimate of drug-likeness (QED) is 0.395. The summed E-state index contributed by atoms with van der Waals surface area (Å²) in [5.41, 5.74) is 2.21. The lowest BCUT2D eigenvalue weighted by Crippen LogP contribution is -2.35. The van der Waals surface area contributed by atoms with Crippen molar-refractivity contribution in [1.29, 1.82) is 0 Å². The van der Waals surface area contributed by atoms with Gasteiger partial charge in [-0.2, -0.15) is 0 Å². The smallest absolute Gasteiger partial charge is 0.152 e. The Hall–Kier alpha value is -1.08. The first-order valence-corrected chi connectivity index (χ1v) is 11.5. The van der Waals surface area contributed by atoms with Gasteiger partial charge >= 0.3 is 0 Å². The fourth-order valence-electron chi connectivity index (χ4n) is 2.56. The lowest BCUT2D eigenvalue weighted by Gasteiger charge is -2.31. The predicted octanol–water partition coefficient (Wildman–Crippen LogP) is 6.77. The molecule has 0 bridgehead atoms. The zero-order valence-corrected chi connectivity index (χ0v) is 18.7. The van der Waals surface area contributed by atoms with Gasteiger partial charge in [-0.15, -0.1) is 0 Å². The number of rotatable bonds is 4. The first-order valence-electron chi connectivity index (χ1n) is 8.52. The second-order valence-corrected chi connectivity index (χ2v) is 9.69. The number of hydrogen-bond donors (Lipinski definition) is 0. The van der Waals surface area contributed by atoms with Crippen LogP contribution in [0.2, 0.25) is 0 Å². The van der Waals surface area contributed by atoms with Crippen LogP contribution in [-0.4, -0.2) is 20.7 Å². The van der Waals surface area contributed by atoms with E-state index in [0.717, 1.165) is 20.0 Å². The molecule has 0 unspecified atom stereocenters. The molecule has 0 spiro atoms. The monoisotopic (exact) mass is 420 g/mol. The summed E-state index contributed by atoms with van der Waals surface area (Å²) in [6.07, 6.45) is 0. The molecule has 0 fully saturated rings. The number of benzene rings is 2. The maximum absolute atomic E-state index is 5.71. The largest absolute Gasteiger partial charge is 0.324 e. The van der Waals surface area contributed by atoms with Crippen LogP contribution in [0.25, 0.3) is 0 Å². The molecule has 0 radical (unpaired) electrons. The van der Waals surface area contributed by atoms with E-state index in [1.165, 1.54) is 0 Å². The van der Waals surface area contributed by atoms with Gasteiger partial charge in [0.25, 0.3) is 0 Å². The van der Waals surface area contributed by atoms with Gasteiger partial charge in [0, 0.05) is 23.5 Å². The summed E-state index contributed by atoms with van der Waals surface area (Å²) >= 11 is 11.4. The predicted molar refractivity (Wildman–Crippen MR) is 128 cm³/mol. The first kappa shape index (κ1) is 21.2. The van der Waals surface area contributed by atoms with E-state index in [0.29, 0.717) is 0 Å². The van der Waals surface area contributed by atoms with Gasteiger partial charge in [-0.1, -0.05) is 60.8 Å². The zero-order valence-electron chi connectivity index (χ0n) is 15.5. The van der Waals surface area contributed by atoms with E-state index in [-0.39, 0.29) is 12.1 Å². The second kappa shape index (κ2) is 10.3. The van der Waals surface area contributed by atoms with Crippen molar-refractivity contribution < 1.29 is 0 Å². The Morgan fingerprint density at radius 2 is 0.962 bits per heavy atom. The molecule has 0 saturated heterocycles. The van der Waals surface area contributed by atoms with Crippen molar-refractivity contribution in [1.82, 2.24) is 0 Å². The summed E-state index contributed by atoms with van der Waals surface area (Å²) < 4.78 is 1.63. The van der Waals surface area contributed by atoms with Gasteiger partial charge in [0.15, 0.2) is 8.64 Å². The van der Waals surface area contributed by atoms with Crippen LogP contribution < -0.4 is 9.80 Å². The van der Waals surface area contributed by atoms with Crippen LogP contribution in [0.5, 0.6) is 0 Å². The zero-order chi connectivity index (χ0) is 19.1. The van der Waals surface area contributed by atoms with Crippen LogP contribution in [0.3, 0.4) is 0 Å². The van der Waals surface area contributed by atoms with E-state index in [4.69, 9.17) is 24.4 Å². The third-order valence-corrected chi connectivity index (χ3v) is 7.16. The minimum atomic E-state index is 0.280. The van der Waals surface area contributed by atoms with Crippen LogP contribution >= 0.6 is 46.0 Å². The average Bonchev–Trinajstić information content (AvgIpc) is 2.61. The lowest BCUT2D eigenvalue weighted by molar-refractivity contribution is 0.817. The summed E-state index contributed by atoms with van der Waals surface area (Å²) in [7, 11) is 3.09. The highest BCUT2D eigenvalue weighted by Gasteiger charge is 2.20. The van der Waals surface area contributed by atoms with Gasteiger partial charge in [0.2, 0.25) is 0 Å². The molecule has 0 saturated carbocycles. The van der Waals surface area contributed by atoms with Gasteiger partial charge in [-0.3, -0.25) is 0 Å². The number of thiocarbonyl (C=S) groups is 2. The number of anilines is 2. The Morgan fingerprint density at radius 1 is 0.654 bits per heavy atom. The SMILES string of the molecule is CC(C)N(C(=S)SSC(=S)N(c1ccccc1)C(C)C)c1ccccc1. The Bertz CT molecular complexity index is 654. The van der Waals surface area contributed by atoms with E-state index >= 15 is 0 Å². The number of hydrogen-bond acceptors (Lipinski definition) is 4. The van der Waals surface area contributed by atoms with E-state index in [2.05, 4.69) is 61.8 Å². The van der Waals surface area contributed by atoms with Crippen molar-refractivity contribution in [3.63, 3.8) is 0 Å². The molecular formula is C20H24N2S4. The molecule has 26 heavy (non-hydrogen) atoms. The number of nitrogens with zero attached hydrogens (tertiary/aromatic N) is 2. The van der Waals surface area contributed by atoms with Gasteiger partial charge in [0.1, 0.15) is 0 Å². The molecule has 0 aliphatic carbocycles. The highest BCUT2D eigenvalue weighted by molar-refractivity contribution is 8.89. The third kappa shape index (κ3) is 5.71. The summed E-state index contributed by atoms with van der Waals surface area (Å²) in [5.74, 6) is 0. The molecule has 138 valence electrons. The van der Waals surface area contributed by atoms with Crippen molar-refractivity contribution in [3.05, 3.63) is 60.7 Å². The maximum atomic E-state index is 5.71. The summed E-state index contributed by atoms with van der Waals surface area (Å²) in [6.45, 7) is 8.58. The Kier molecular flexibility index (Phi) is 8.41. The molecule has 2 rings (SSSR count). The molecule has 6 heteroatoms. The minimum absolute atomic E-state index is 0.280. The normalized spacial score (nSPS) is 10.8. The van der Waals surface area contributed by atoms with Crippen molar-refractivity contribution >= 4 is 66.0 Å².